The molecule has 1 unspecified atom stereocenters. The lowest BCUT2D eigenvalue weighted by atomic mass is 10.1. The highest BCUT2D eigenvalue weighted by Crippen LogP contribution is 2.23. The van der Waals surface area contributed by atoms with Crippen LogP contribution in [-0.2, 0) is 0 Å². The predicted molar refractivity (Wildman–Crippen MR) is 59.5 cm³/mol. The second-order valence-electron chi connectivity index (χ2n) is 4.23. The van der Waals surface area contributed by atoms with Crippen molar-refractivity contribution in [3.8, 4) is 0 Å². The Kier molecular flexibility index (Phi) is 3.19. The van der Waals surface area contributed by atoms with Crippen molar-refractivity contribution in [2.45, 2.75) is 38.6 Å². The lowest BCUT2D eigenvalue weighted by molar-refractivity contribution is 0.577. The van der Waals surface area contributed by atoms with Gasteiger partial charge in [-0.25, -0.2) is 4.98 Å². The molecule has 2 heterocycles. The molecular formula is C12H17FN2. The van der Waals surface area contributed by atoms with Gasteiger partial charge in [-0.1, -0.05) is 12.8 Å². The average Bonchev–Trinajstić information content (AvgIpc) is 2.43. The third kappa shape index (κ3) is 2.46. The van der Waals surface area contributed by atoms with Crippen molar-refractivity contribution in [1.82, 2.24) is 4.98 Å². The molecule has 1 aromatic heterocycles. The van der Waals surface area contributed by atoms with Gasteiger partial charge in [-0.05, 0) is 25.8 Å². The molecule has 0 amide bonds. The van der Waals surface area contributed by atoms with E-state index in [0.29, 0.717) is 6.04 Å². The van der Waals surface area contributed by atoms with E-state index in [1.54, 1.807) is 6.20 Å². The first kappa shape index (κ1) is 10.4. The van der Waals surface area contributed by atoms with Gasteiger partial charge in [-0.15, -0.1) is 0 Å². The molecule has 1 aromatic rings. The maximum atomic E-state index is 13.0. The van der Waals surface area contributed by atoms with Gasteiger partial charge in [0.1, 0.15) is 0 Å². The van der Waals surface area contributed by atoms with Gasteiger partial charge in [0.25, 0.3) is 0 Å². The Bertz CT molecular complexity index is 327. The van der Waals surface area contributed by atoms with E-state index < -0.39 is 0 Å². The van der Waals surface area contributed by atoms with Gasteiger partial charge in [0.05, 0.1) is 0 Å². The summed E-state index contributed by atoms with van der Waals surface area (Å²) in [5, 5.41) is 0. The number of rotatable bonds is 1. The largest absolute Gasteiger partial charge is 0.369 e. The normalized spacial score (nSPS) is 22.5. The summed E-state index contributed by atoms with van der Waals surface area (Å²) in [6, 6.07) is 3.93. The first-order chi connectivity index (χ1) is 7.27. The van der Waals surface area contributed by atoms with Crippen LogP contribution in [0.25, 0.3) is 0 Å². The van der Waals surface area contributed by atoms with Crippen molar-refractivity contribution in [2.75, 3.05) is 11.4 Å². The van der Waals surface area contributed by atoms with E-state index in [2.05, 4.69) is 16.8 Å². The summed E-state index contributed by atoms with van der Waals surface area (Å²) in [6.45, 7) is 3.24. The zero-order valence-corrected chi connectivity index (χ0v) is 9.12. The number of nitrogens with zero attached hydrogens (tertiary/aromatic N) is 2. The molecule has 2 nitrogen and oxygen atoms in total. The summed E-state index contributed by atoms with van der Waals surface area (Å²) in [6.07, 6.45) is 6.51. The average molecular weight is 208 g/mol. The molecular weight excluding hydrogens is 191 g/mol. The first-order valence-corrected chi connectivity index (χ1v) is 5.65. The molecule has 1 aliphatic rings. The molecule has 0 N–H and O–H groups in total. The zero-order valence-electron chi connectivity index (χ0n) is 9.12. The van der Waals surface area contributed by atoms with E-state index in [-0.39, 0.29) is 5.95 Å². The summed E-state index contributed by atoms with van der Waals surface area (Å²) < 4.78 is 13.0. The Labute approximate surface area is 90.1 Å². The molecule has 1 atom stereocenters. The molecule has 3 heteroatoms. The van der Waals surface area contributed by atoms with Crippen molar-refractivity contribution >= 4 is 5.69 Å². The van der Waals surface area contributed by atoms with Crippen LogP contribution >= 0.6 is 0 Å². The van der Waals surface area contributed by atoms with Crippen LogP contribution in [0.4, 0.5) is 10.1 Å². The standard InChI is InChI=1S/C12H17FN2/c1-10-5-3-2-4-8-15(10)11-6-7-14-12(13)9-11/h6-7,9-10H,2-5,8H2,1H3. The SMILES string of the molecule is CC1CCCCCN1c1ccnc(F)c1. The maximum Gasteiger partial charge on any atom is 0.214 e. The van der Waals surface area contributed by atoms with Crippen LogP contribution in [0, 0.1) is 5.95 Å². The number of pyridine rings is 1. The molecule has 0 aromatic carbocycles. The van der Waals surface area contributed by atoms with Gasteiger partial charge in [0.2, 0.25) is 5.95 Å². The summed E-state index contributed by atoms with van der Waals surface area (Å²) in [5.41, 5.74) is 0.969. The van der Waals surface area contributed by atoms with Gasteiger partial charge >= 0.3 is 0 Å². The van der Waals surface area contributed by atoms with E-state index in [1.165, 1.54) is 31.7 Å². The summed E-state index contributed by atoms with van der Waals surface area (Å²) in [5.74, 6) is -0.385. The van der Waals surface area contributed by atoms with Gasteiger partial charge in [-0.3, -0.25) is 0 Å². The number of hydrogen-bond donors (Lipinski definition) is 0. The summed E-state index contributed by atoms with van der Waals surface area (Å²) in [4.78, 5) is 5.88. The van der Waals surface area contributed by atoms with Crippen molar-refractivity contribution in [3.63, 3.8) is 0 Å². The molecule has 0 spiro atoms. The first-order valence-electron chi connectivity index (χ1n) is 5.65. The van der Waals surface area contributed by atoms with Gasteiger partial charge in [0, 0.05) is 30.5 Å². The highest BCUT2D eigenvalue weighted by atomic mass is 19.1. The molecule has 0 bridgehead atoms. The maximum absolute atomic E-state index is 13.0. The Morgan fingerprint density at radius 1 is 1.40 bits per heavy atom. The number of hydrogen-bond acceptors (Lipinski definition) is 2. The van der Waals surface area contributed by atoms with Gasteiger partial charge in [-0.2, -0.15) is 4.39 Å². The lowest BCUT2D eigenvalue weighted by Crippen LogP contribution is -2.32. The Balaban J connectivity index is 2.20. The van der Waals surface area contributed by atoms with Crippen molar-refractivity contribution in [3.05, 3.63) is 24.3 Å². The third-order valence-electron chi connectivity index (χ3n) is 3.09. The molecule has 1 fully saturated rings. The molecule has 1 saturated heterocycles. The van der Waals surface area contributed by atoms with Gasteiger partial charge < -0.3 is 4.90 Å². The monoisotopic (exact) mass is 208 g/mol. The lowest BCUT2D eigenvalue weighted by Gasteiger charge is -2.29. The molecule has 1 aliphatic heterocycles. The second kappa shape index (κ2) is 4.60. The third-order valence-corrected chi connectivity index (χ3v) is 3.09. The molecule has 0 saturated carbocycles. The minimum atomic E-state index is -0.385. The molecule has 15 heavy (non-hydrogen) atoms. The smallest absolute Gasteiger partial charge is 0.214 e. The molecule has 82 valence electrons. The van der Waals surface area contributed by atoms with E-state index in [4.69, 9.17) is 0 Å². The second-order valence-corrected chi connectivity index (χ2v) is 4.23. The predicted octanol–water partition coefficient (Wildman–Crippen LogP) is 2.99. The van der Waals surface area contributed by atoms with Crippen LogP contribution in [0.3, 0.4) is 0 Å². The number of halogens is 1. The van der Waals surface area contributed by atoms with Crippen LogP contribution < -0.4 is 4.90 Å². The van der Waals surface area contributed by atoms with Crippen molar-refractivity contribution in [1.29, 1.82) is 0 Å². The van der Waals surface area contributed by atoms with Crippen molar-refractivity contribution < 1.29 is 4.39 Å². The molecule has 2 rings (SSSR count). The van der Waals surface area contributed by atoms with Crippen LogP contribution in [0.5, 0.6) is 0 Å². The fraction of sp³-hybridized carbons (Fsp3) is 0.583. The minimum Gasteiger partial charge on any atom is -0.369 e. The zero-order chi connectivity index (χ0) is 10.7. The Hall–Kier alpha value is -1.12. The summed E-state index contributed by atoms with van der Waals surface area (Å²) in [7, 11) is 0. The fourth-order valence-corrected chi connectivity index (χ4v) is 2.23. The topological polar surface area (TPSA) is 16.1 Å². The van der Waals surface area contributed by atoms with Crippen LogP contribution in [0.2, 0.25) is 0 Å². The van der Waals surface area contributed by atoms with Gasteiger partial charge in [0.15, 0.2) is 0 Å². The molecule has 0 radical (unpaired) electrons. The highest BCUT2D eigenvalue weighted by molar-refractivity contribution is 5.46. The van der Waals surface area contributed by atoms with E-state index >= 15 is 0 Å². The summed E-state index contributed by atoms with van der Waals surface area (Å²) >= 11 is 0. The van der Waals surface area contributed by atoms with Crippen LogP contribution in [0.15, 0.2) is 18.3 Å². The molecule has 0 aliphatic carbocycles. The fourth-order valence-electron chi connectivity index (χ4n) is 2.23. The quantitative estimate of drug-likeness (QED) is 0.659. The number of aromatic nitrogens is 1. The van der Waals surface area contributed by atoms with Crippen molar-refractivity contribution in [2.24, 2.45) is 0 Å². The van der Waals surface area contributed by atoms with Crippen LogP contribution in [0.1, 0.15) is 32.6 Å². The number of anilines is 1. The van der Waals surface area contributed by atoms with E-state index in [9.17, 15) is 4.39 Å². The van der Waals surface area contributed by atoms with E-state index in [1.807, 2.05) is 6.07 Å². The van der Waals surface area contributed by atoms with E-state index in [0.717, 1.165) is 12.2 Å². The van der Waals surface area contributed by atoms with Crippen LogP contribution in [-0.4, -0.2) is 17.6 Å². The Morgan fingerprint density at radius 2 is 2.27 bits per heavy atom. The Morgan fingerprint density at radius 3 is 3.07 bits per heavy atom. The highest BCUT2D eigenvalue weighted by Gasteiger charge is 2.17. The minimum absolute atomic E-state index is 0.385.